The summed E-state index contributed by atoms with van der Waals surface area (Å²) in [4.78, 5) is 15.8. The van der Waals surface area contributed by atoms with Crippen molar-refractivity contribution in [3.05, 3.63) is 63.3 Å². The minimum atomic E-state index is 0.00248. The molecule has 1 aromatic heterocycles. The highest BCUT2D eigenvalue weighted by Crippen LogP contribution is 2.26. The molecule has 0 spiro atoms. The lowest BCUT2D eigenvalue weighted by Gasteiger charge is -2.10. The molecule has 0 fully saturated rings. The largest absolute Gasteiger partial charge is 0.358 e. The first-order valence-corrected chi connectivity index (χ1v) is 8.38. The number of amides is 1. The molecule has 0 radical (unpaired) electrons. The Bertz CT molecular complexity index is 896. The molecule has 2 N–H and O–H groups in total. The zero-order valence-electron chi connectivity index (χ0n) is 13.5. The second-order valence-electron chi connectivity index (χ2n) is 5.89. The zero-order valence-corrected chi connectivity index (χ0v) is 15.0. The van der Waals surface area contributed by atoms with Crippen LogP contribution in [0.2, 0.25) is 0 Å². The third-order valence-corrected chi connectivity index (χ3v) is 4.79. The fourth-order valence-corrected chi connectivity index (χ4v) is 3.18. The molecule has 0 aliphatic rings. The summed E-state index contributed by atoms with van der Waals surface area (Å²) >= 11 is 3.50. The maximum absolute atomic E-state index is 12.5. The van der Waals surface area contributed by atoms with Crippen molar-refractivity contribution < 1.29 is 4.79 Å². The van der Waals surface area contributed by atoms with Crippen molar-refractivity contribution in [1.82, 2.24) is 4.98 Å². The maximum Gasteiger partial charge on any atom is 0.228 e. The Morgan fingerprint density at radius 1 is 1.17 bits per heavy atom. The molecule has 4 heteroatoms. The maximum atomic E-state index is 12.5. The fourth-order valence-electron chi connectivity index (χ4n) is 2.82. The van der Waals surface area contributed by atoms with E-state index in [1.54, 1.807) is 0 Å². The summed E-state index contributed by atoms with van der Waals surface area (Å²) in [5, 5.41) is 4.12. The molecule has 0 aliphatic heterocycles. The van der Waals surface area contributed by atoms with E-state index < -0.39 is 0 Å². The van der Waals surface area contributed by atoms with Crippen molar-refractivity contribution >= 4 is 38.4 Å². The van der Waals surface area contributed by atoms with Crippen LogP contribution >= 0.6 is 15.9 Å². The number of rotatable bonds is 3. The first-order chi connectivity index (χ1) is 11.0. The van der Waals surface area contributed by atoms with Gasteiger partial charge in [-0.3, -0.25) is 4.79 Å². The van der Waals surface area contributed by atoms with Crippen LogP contribution in [0.5, 0.6) is 0 Å². The molecule has 0 saturated heterocycles. The first kappa shape index (κ1) is 15.8. The topological polar surface area (TPSA) is 44.9 Å². The monoisotopic (exact) mass is 370 g/mol. The summed E-state index contributed by atoms with van der Waals surface area (Å²) in [6.45, 7) is 6.08. The quantitative estimate of drug-likeness (QED) is 0.666. The lowest BCUT2D eigenvalue weighted by Crippen LogP contribution is -2.15. The summed E-state index contributed by atoms with van der Waals surface area (Å²) in [6, 6.07) is 12.0. The van der Waals surface area contributed by atoms with Gasteiger partial charge in [0.25, 0.3) is 0 Å². The van der Waals surface area contributed by atoms with Gasteiger partial charge in [-0.15, -0.1) is 0 Å². The molecule has 118 valence electrons. The van der Waals surface area contributed by atoms with E-state index in [1.165, 1.54) is 5.56 Å². The predicted octanol–water partition coefficient (Wildman–Crippen LogP) is 5.04. The van der Waals surface area contributed by atoms with Crippen molar-refractivity contribution in [2.24, 2.45) is 0 Å². The Morgan fingerprint density at radius 2 is 1.96 bits per heavy atom. The van der Waals surface area contributed by atoms with E-state index in [0.717, 1.165) is 37.9 Å². The Kier molecular flexibility index (Phi) is 4.26. The molecule has 2 aromatic carbocycles. The van der Waals surface area contributed by atoms with Crippen LogP contribution in [0.3, 0.4) is 0 Å². The average Bonchev–Trinajstić information content (AvgIpc) is 2.80. The Hall–Kier alpha value is -2.07. The highest BCUT2D eigenvalue weighted by atomic mass is 79.9. The van der Waals surface area contributed by atoms with Crippen LogP contribution in [0.1, 0.15) is 22.4 Å². The van der Waals surface area contributed by atoms with Crippen molar-refractivity contribution in [1.29, 1.82) is 0 Å². The Labute approximate surface area is 144 Å². The zero-order chi connectivity index (χ0) is 16.6. The second kappa shape index (κ2) is 6.20. The van der Waals surface area contributed by atoms with Gasteiger partial charge in [-0.05, 0) is 61.7 Å². The van der Waals surface area contributed by atoms with Gasteiger partial charge in [0.1, 0.15) is 0 Å². The van der Waals surface area contributed by atoms with E-state index in [1.807, 2.05) is 51.1 Å². The van der Waals surface area contributed by atoms with Crippen molar-refractivity contribution in [2.75, 3.05) is 5.32 Å². The SMILES string of the molecule is Cc1cccc(NC(=O)Cc2c(C)[nH]c3ccc(Br)cc23)c1C. The van der Waals surface area contributed by atoms with Crippen LogP contribution in [0, 0.1) is 20.8 Å². The smallest absolute Gasteiger partial charge is 0.228 e. The molecular formula is C19H19BrN2O. The number of aromatic amines is 1. The number of aryl methyl sites for hydroxylation is 2. The number of hydrogen-bond donors (Lipinski definition) is 2. The molecule has 0 saturated carbocycles. The Balaban J connectivity index is 1.87. The lowest BCUT2D eigenvalue weighted by atomic mass is 10.1. The van der Waals surface area contributed by atoms with Crippen LogP contribution in [0.25, 0.3) is 10.9 Å². The number of anilines is 1. The lowest BCUT2D eigenvalue weighted by molar-refractivity contribution is -0.115. The summed E-state index contributed by atoms with van der Waals surface area (Å²) in [7, 11) is 0. The second-order valence-corrected chi connectivity index (χ2v) is 6.81. The molecule has 3 rings (SSSR count). The van der Waals surface area contributed by atoms with E-state index in [0.29, 0.717) is 6.42 Å². The van der Waals surface area contributed by atoms with Gasteiger partial charge in [0.2, 0.25) is 5.91 Å². The molecule has 0 unspecified atom stereocenters. The molecular weight excluding hydrogens is 352 g/mol. The van der Waals surface area contributed by atoms with E-state index in [2.05, 4.69) is 32.3 Å². The van der Waals surface area contributed by atoms with Gasteiger partial charge in [0.15, 0.2) is 0 Å². The first-order valence-electron chi connectivity index (χ1n) is 7.58. The van der Waals surface area contributed by atoms with Crippen LogP contribution in [-0.4, -0.2) is 10.9 Å². The van der Waals surface area contributed by atoms with Crippen LogP contribution < -0.4 is 5.32 Å². The minimum absolute atomic E-state index is 0.00248. The molecule has 0 bridgehead atoms. The van der Waals surface area contributed by atoms with Gasteiger partial charge < -0.3 is 10.3 Å². The molecule has 0 aliphatic carbocycles. The predicted molar refractivity (Wildman–Crippen MR) is 99.0 cm³/mol. The van der Waals surface area contributed by atoms with E-state index >= 15 is 0 Å². The molecule has 0 atom stereocenters. The third-order valence-electron chi connectivity index (χ3n) is 4.30. The van der Waals surface area contributed by atoms with Gasteiger partial charge in [-0.2, -0.15) is 0 Å². The normalized spacial score (nSPS) is 11.0. The van der Waals surface area contributed by atoms with E-state index in [9.17, 15) is 4.79 Å². The molecule has 3 nitrogen and oxygen atoms in total. The number of fused-ring (bicyclic) bond motifs is 1. The molecule has 3 aromatic rings. The number of benzene rings is 2. The van der Waals surface area contributed by atoms with Gasteiger partial charge in [-0.25, -0.2) is 0 Å². The van der Waals surface area contributed by atoms with Gasteiger partial charge in [0.05, 0.1) is 6.42 Å². The van der Waals surface area contributed by atoms with E-state index in [-0.39, 0.29) is 5.91 Å². The number of H-pyrrole nitrogens is 1. The standard InChI is InChI=1S/C19H19BrN2O/c1-11-5-4-6-17(12(11)2)22-19(23)10-15-13(3)21-18-8-7-14(20)9-16(15)18/h4-9,21H,10H2,1-3H3,(H,22,23). The molecule has 1 amide bonds. The van der Waals surface area contributed by atoms with Gasteiger partial charge in [0, 0.05) is 26.8 Å². The van der Waals surface area contributed by atoms with Crippen LogP contribution in [0.4, 0.5) is 5.69 Å². The summed E-state index contributed by atoms with van der Waals surface area (Å²) in [5.41, 5.74) is 6.31. The number of carbonyl (C=O) groups excluding carboxylic acids is 1. The fraction of sp³-hybridized carbons (Fsp3) is 0.211. The Morgan fingerprint density at radius 3 is 2.74 bits per heavy atom. The number of carbonyl (C=O) groups is 1. The van der Waals surface area contributed by atoms with Crippen molar-refractivity contribution in [3.8, 4) is 0 Å². The van der Waals surface area contributed by atoms with Crippen LogP contribution in [-0.2, 0) is 11.2 Å². The van der Waals surface area contributed by atoms with Gasteiger partial charge in [-0.1, -0.05) is 28.1 Å². The average molecular weight is 371 g/mol. The summed E-state index contributed by atoms with van der Waals surface area (Å²) < 4.78 is 1.01. The molecule has 1 heterocycles. The van der Waals surface area contributed by atoms with Crippen molar-refractivity contribution in [2.45, 2.75) is 27.2 Å². The minimum Gasteiger partial charge on any atom is -0.358 e. The number of halogens is 1. The van der Waals surface area contributed by atoms with Crippen molar-refractivity contribution in [3.63, 3.8) is 0 Å². The molecule has 23 heavy (non-hydrogen) atoms. The summed E-state index contributed by atoms with van der Waals surface area (Å²) in [5.74, 6) is 0.00248. The van der Waals surface area contributed by atoms with Crippen LogP contribution in [0.15, 0.2) is 40.9 Å². The summed E-state index contributed by atoms with van der Waals surface area (Å²) in [6.07, 6.45) is 0.357. The number of aromatic nitrogens is 1. The highest BCUT2D eigenvalue weighted by molar-refractivity contribution is 9.10. The number of nitrogens with one attached hydrogen (secondary N) is 2. The number of hydrogen-bond acceptors (Lipinski definition) is 1. The van der Waals surface area contributed by atoms with Gasteiger partial charge >= 0.3 is 0 Å². The highest BCUT2D eigenvalue weighted by Gasteiger charge is 2.14. The third kappa shape index (κ3) is 3.17. The van der Waals surface area contributed by atoms with E-state index in [4.69, 9.17) is 0 Å².